The summed E-state index contributed by atoms with van der Waals surface area (Å²) in [6, 6.07) is 23.5. The van der Waals surface area contributed by atoms with Gasteiger partial charge < -0.3 is 0 Å². The molecule has 9 heteroatoms. The molecule has 0 fully saturated rings. The number of benzene rings is 3. The number of fused-ring (bicyclic) bond motifs is 1. The SMILES string of the molecule is CC(C)=Cc1ccc2n(c1=O)[C@H](c1ccc(Cl)cc1)[C@H](c1ccc(Cl)cc1)N2S(=O)(=O)c1cccc(C#N)c1. The Morgan fingerprint density at radius 1 is 0.872 bits per heavy atom. The Labute approximate surface area is 237 Å². The molecular weight excluding hydrogens is 553 g/mol. The average molecular weight is 577 g/mol. The molecule has 1 aliphatic heterocycles. The molecule has 0 saturated carbocycles. The van der Waals surface area contributed by atoms with Crippen molar-refractivity contribution in [1.82, 2.24) is 4.57 Å². The van der Waals surface area contributed by atoms with Crippen molar-refractivity contribution in [3.63, 3.8) is 0 Å². The Balaban J connectivity index is 1.86. The van der Waals surface area contributed by atoms with Gasteiger partial charge in [0.05, 0.1) is 28.6 Å². The van der Waals surface area contributed by atoms with E-state index < -0.39 is 22.1 Å². The van der Waals surface area contributed by atoms with Crippen molar-refractivity contribution in [2.45, 2.75) is 30.8 Å². The van der Waals surface area contributed by atoms with Gasteiger partial charge >= 0.3 is 0 Å². The van der Waals surface area contributed by atoms with E-state index in [9.17, 15) is 18.5 Å². The van der Waals surface area contributed by atoms with Crippen LogP contribution in [0, 0.1) is 11.3 Å². The molecular formula is C30H23Cl2N3O3S. The number of nitriles is 1. The molecule has 1 aliphatic rings. The normalized spacial score (nSPS) is 16.4. The first kappa shape index (κ1) is 26.8. The van der Waals surface area contributed by atoms with Crippen LogP contribution in [0.5, 0.6) is 0 Å². The van der Waals surface area contributed by atoms with Gasteiger partial charge in [0.2, 0.25) is 0 Å². The smallest absolute Gasteiger partial charge is 0.266 e. The van der Waals surface area contributed by atoms with E-state index >= 15 is 0 Å². The lowest BCUT2D eigenvalue weighted by molar-refractivity contribution is 0.529. The first-order valence-electron chi connectivity index (χ1n) is 12.1. The van der Waals surface area contributed by atoms with Gasteiger partial charge in [0.15, 0.2) is 0 Å². The van der Waals surface area contributed by atoms with Crippen LogP contribution in [0.2, 0.25) is 10.0 Å². The number of rotatable bonds is 5. The number of nitrogens with zero attached hydrogens (tertiary/aromatic N) is 3. The third-order valence-corrected chi connectivity index (χ3v) is 8.85. The largest absolute Gasteiger partial charge is 0.283 e. The van der Waals surface area contributed by atoms with Crippen LogP contribution in [0.15, 0.2) is 100 Å². The highest BCUT2D eigenvalue weighted by Crippen LogP contribution is 2.49. The van der Waals surface area contributed by atoms with E-state index in [-0.39, 0.29) is 21.8 Å². The zero-order chi connectivity index (χ0) is 27.9. The molecule has 0 unspecified atom stereocenters. The van der Waals surface area contributed by atoms with Crippen LogP contribution >= 0.6 is 23.2 Å². The number of hydrogen-bond acceptors (Lipinski definition) is 4. The maximum Gasteiger partial charge on any atom is 0.266 e. The predicted octanol–water partition coefficient (Wildman–Crippen LogP) is 6.99. The third kappa shape index (κ3) is 4.87. The van der Waals surface area contributed by atoms with E-state index in [0.29, 0.717) is 26.7 Å². The predicted molar refractivity (Wildman–Crippen MR) is 155 cm³/mol. The summed E-state index contributed by atoms with van der Waals surface area (Å²) in [5.41, 5.74) is 2.62. The van der Waals surface area contributed by atoms with E-state index in [0.717, 1.165) is 5.57 Å². The number of halogens is 2. The van der Waals surface area contributed by atoms with Gasteiger partial charge in [0.25, 0.3) is 15.6 Å². The third-order valence-electron chi connectivity index (χ3n) is 6.57. The summed E-state index contributed by atoms with van der Waals surface area (Å²) < 4.78 is 31.5. The molecule has 0 N–H and O–H groups in total. The van der Waals surface area contributed by atoms with Crippen LogP contribution in [0.1, 0.15) is 48.2 Å². The van der Waals surface area contributed by atoms with Crippen LogP contribution in [-0.2, 0) is 10.0 Å². The molecule has 2 heterocycles. The number of anilines is 1. The Morgan fingerprint density at radius 3 is 2.03 bits per heavy atom. The van der Waals surface area contributed by atoms with Crippen molar-refractivity contribution < 1.29 is 8.42 Å². The molecule has 4 aromatic rings. The molecule has 5 rings (SSSR count). The zero-order valence-electron chi connectivity index (χ0n) is 21.0. The zero-order valence-corrected chi connectivity index (χ0v) is 23.4. The minimum absolute atomic E-state index is 0.0513. The van der Waals surface area contributed by atoms with Crippen LogP contribution < -0.4 is 9.86 Å². The van der Waals surface area contributed by atoms with Gasteiger partial charge in [-0.05, 0) is 79.6 Å². The molecule has 0 saturated heterocycles. The fourth-order valence-corrected chi connectivity index (χ4v) is 6.86. The maximum atomic E-state index is 14.4. The minimum atomic E-state index is -4.25. The van der Waals surface area contributed by atoms with Crippen molar-refractivity contribution in [3.8, 4) is 6.07 Å². The number of hydrogen-bond donors (Lipinski definition) is 0. The Hall–Kier alpha value is -3.83. The van der Waals surface area contributed by atoms with Crippen LogP contribution in [0.4, 0.5) is 5.82 Å². The lowest BCUT2D eigenvalue weighted by Gasteiger charge is -2.29. The molecule has 6 nitrogen and oxygen atoms in total. The molecule has 3 aromatic carbocycles. The van der Waals surface area contributed by atoms with Crippen LogP contribution in [-0.4, -0.2) is 13.0 Å². The van der Waals surface area contributed by atoms with Crippen molar-refractivity contribution in [2.24, 2.45) is 0 Å². The number of sulfonamides is 1. The van der Waals surface area contributed by atoms with Gasteiger partial charge in [0, 0.05) is 15.6 Å². The van der Waals surface area contributed by atoms with Crippen LogP contribution in [0.25, 0.3) is 6.08 Å². The van der Waals surface area contributed by atoms with Gasteiger partial charge in [0.1, 0.15) is 5.82 Å². The van der Waals surface area contributed by atoms with Gasteiger partial charge in [-0.1, -0.05) is 65.2 Å². The first-order valence-corrected chi connectivity index (χ1v) is 14.3. The Bertz CT molecular complexity index is 1800. The molecule has 0 bridgehead atoms. The van der Waals surface area contributed by atoms with Crippen LogP contribution in [0.3, 0.4) is 0 Å². The fourth-order valence-electron chi connectivity index (χ4n) is 4.92. The van der Waals surface area contributed by atoms with E-state index in [1.165, 1.54) is 27.1 Å². The standard InChI is InChI=1S/C30H23Cl2N3O3S/c1-19(2)16-23-10-15-27-34(30(23)36)28(21-6-11-24(31)12-7-21)29(22-8-13-25(32)14-9-22)35(27)39(37,38)26-5-3-4-20(17-26)18-33/h3-17,28-29H,1-2H3/t28-,29+/m1/s1. The van der Waals surface area contributed by atoms with E-state index in [2.05, 4.69) is 0 Å². The molecule has 0 aliphatic carbocycles. The van der Waals surface area contributed by atoms with Gasteiger partial charge in [-0.2, -0.15) is 5.26 Å². The van der Waals surface area contributed by atoms with Gasteiger partial charge in [-0.25, -0.2) is 12.7 Å². The number of aromatic nitrogens is 1. The summed E-state index contributed by atoms with van der Waals surface area (Å²) in [4.78, 5) is 13.9. The van der Waals surface area contributed by atoms with Crippen molar-refractivity contribution in [2.75, 3.05) is 4.31 Å². The Morgan fingerprint density at radius 2 is 1.46 bits per heavy atom. The average Bonchev–Trinajstić information content (AvgIpc) is 3.27. The molecule has 0 spiro atoms. The van der Waals surface area contributed by atoms with Crippen molar-refractivity contribution >= 4 is 45.1 Å². The molecule has 0 radical (unpaired) electrons. The van der Waals surface area contributed by atoms with E-state index in [4.69, 9.17) is 23.2 Å². The summed E-state index contributed by atoms with van der Waals surface area (Å²) in [5, 5.41) is 10.4. The lowest BCUT2D eigenvalue weighted by Crippen LogP contribution is -2.33. The lowest BCUT2D eigenvalue weighted by atomic mass is 9.94. The number of allylic oxidation sites excluding steroid dienone is 1. The van der Waals surface area contributed by atoms with Crippen molar-refractivity contribution in [1.29, 1.82) is 5.26 Å². The molecule has 196 valence electrons. The van der Waals surface area contributed by atoms with Gasteiger partial charge in [-0.3, -0.25) is 9.36 Å². The summed E-state index contributed by atoms with van der Waals surface area (Å²) in [6.45, 7) is 3.78. The van der Waals surface area contributed by atoms with Gasteiger partial charge in [-0.15, -0.1) is 0 Å². The monoisotopic (exact) mass is 575 g/mol. The molecule has 39 heavy (non-hydrogen) atoms. The highest BCUT2D eigenvalue weighted by Gasteiger charge is 2.47. The topological polar surface area (TPSA) is 83.2 Å². The maximum absolute atomic E-state index is 14.4. The second kappa shape index (κ2) is 10.4. The second-order valence-electron chi connectivity index (χ2n) is 9.48. The minimum Gasteiger partial charge on any atom is -0.283 e. The summed E-state index contributed by atoms with van der Waals surface area (Å²) in [7, 11) is -4.25. The second-order valence-corrected chi connectivity index (χ2v) is 12.2. The Kier molecular flexibility index (Phi) is 7.13. The summed E-state index contributed by atoms with van der Waals surface area (Å²) in [5.74, 6) is 0.216. The highest BCUT2D eigenvalue weighted by atomic mass is 35.5. The quantitative estimate of drug-likeness (QED) is 0.256. The van der Waals surface area contributed by atoms with Crippen molar-refractivity contribution in [3.05, 3.63) is 133 Å². The number of pyridine rings is 1. The molecule has 1 aromatic heterocycles. The fraction of sp³-hybridized carbons (Fsp3) is 0.133. The highest BCUT2D eigenvalue weighted by molar-refractivity contribution is 7.92. The molecule has 2 atom stereocenters. The first-order chi connectivity index (χ1) is 18.6. The molecule has 0 amide bonds. The summed E-state index contributed by atoms with van der Waals surface area (Å²) >= 11 is 12.4. The summed E-state index contributed by atoms with van der Waals surface area (Å²) in [6.07, 6.45) is 1.78. The van der Waals surface area contributed by atoms with E-state index in [1.807, 2.05) is 19.9 Å². The van der Waals surface area contributed by atoms with E-state index in [1.54, 1.807) is 72.8 Å².